The van der Waals surface area contributed by atoms with Gasteiger partial charge in [-0.1, -0.05) is 18.9 Å². The van der Waals surface area contributed by atoms with Crippen LogP contribution in [0.3, 0.4) is 0 Å². The van der Waals surface area contributed by atoms with Gasteiger partial charge in [0.1, 0.15) is 15.9 Å². The van der Waals surface area contributed by atoms with Crippen molar-refractivity contribution in [2.75, 3.05) is 20.3 Å². The molecule has 120 valence electrons. The Morgan fingerprint density at radius 2 is 2.09 bits per heavy atom. The molecule has 22 heavy (non-hydrogen) atoms. The van der Waals surface area contributed by atoms with E-state index in [4.69, 9.17) is 4.74 Å². The minimum absolute atomic E-state index is 0.0574. The Bertz CT molecular complexity index is 739. The number of nitrogens with zero attached hydrogens (tertiary/aromatic N) is 3. The molecule has 0 bridgehead atoms. The first kappa shape index (κ1) is 15.8. The Kier molecular flexibility index (Phi) is 4.72. The molecular formula is C14H19N3O3S2. The van der Waals surface area contributed by atoms with Gasteiger partial charge < -0.3 is 4.74 Å². The number of rotatable bonds is 6. The number of methoxy groups -OCH3 is 1. The minimum atomic E-state index is -3.60. The zero-order valence-electron chi connectivity index (χ0n) is 12.4. The molecule has 2 aromatic rings. The zero-order chi connectivity index (χ0) is 15.6. The van der Waals surface area contributed by atoms with Crippen LogP contribution in [0.2, 0.25) is 0 Å². The van der Waals surface area contributed by atoms with Crippen LogP contribution in [0.1, 0.15) is 25.7 Å². The van der Waals surface area contributed by atoms with E-state index in [9.17, 15) is 8.42 Å². The van der Waals surface area contributed by atoms with Crippen LogP contribution in [-0.4, -0.2) is 47.8 Å². The quantitative estimate of drug-likeness (QED) is 0.806. The number of ether oxygens (including phenoxy) is 1. The fourth-order valence-corrected chi connectivity index (χ4v) is 5.41. The van der Waals surface area contributed by atoms with E-state index < -0.39 is 10.0 Å². The first-order valence-electron chi connectivity index (χ1n) is 7.36. The maximum atomic E-state index is 13.1. The van der Waals surface area contributed by atoms with Crippen molar-refractivity contribution in [2.24, 2.45) is 0 Å². The Morgan fingerprint density at radius 3 is 2.82 bits per heavy atom. The molecule has 0 atom stereocenters. The van der Waals surface area contributed by atoms with Crippen molar-refractivity contribution in [2.45, 2.75) is 36.6 Å². The van der Waals surface area contributed by atoms with Gasteiger partial charge in [-0.15, -0.1) is 0 Å². The number of aromatic nitrogens is 2. The van der Waals surface area contributed by atoms with Gasteiger partial charge in [0.15, 0.2) is 0 Å². The zero-order valence-corrected chi connectivity index (χ0v) is 14.1. The van der Waals surface area contributed by atoms with Gasteiger partial charge in [0.25, 0.3) is 0 Å². The Hall–Kier alpha value is -1.09. The second kappa shape index (κ2) is 6.57. The van der Waals surface area contributed by atoms with Crippen LogP contribution in [0.4, 0.5) is 0 Å². The van der Waals surface area contributed by atoms with Crippen LogP contribution in [0.25, 0.3) is 11.0 Å². The summed E-state index contributed by atoms with van der Waals surface area (Å²) in [6, 6.07) is 5.18. The summed E-state index contributed by atoms with van der Waals surface area (Å²) in [6.07, 6.45) is 3.97. The van der Waals surface area contributed by atoms with Crippen molar-refractivity contribution in [1.29, 1.82) is 0 Å². The van der Waals surface area contributed by atoms with Crippen LogP contribution in [-0.2, 0) is 14.8 Å². The molecule has 0 unspecified atom stereocenters. The predicted molar refractivity (Wildman–Crippen MR) is 85.4 cm³/mol. The van der Waals surface area contributed by atoms with E-state index in [0.29, 0.717) is 24.2 Å². The van der Waals surface area contributed by atoms with Crippen molar-refractivity contribution in [3.8, 4) is 0 Å². The minimum Gasteiger partial charge on any atom is -0.383 e. The summed E-state index contributed by atoms with van der Waals surface area (Å²) < 4.78 is 41.3. The van der Waals surface area contributed by atoms with Gasteiger partial charge in [0.05, 0.1) is 18.3 Å². The van der Waals surface area contributed by atoms with E-state index >= 15 is 0 Å². The lowest BCUT2D eigenvalue weighted by atomic mass is 10.2. The van der Waals surface area contributed by atoms with Gasteiger partial charge in [-0.25, -0.2) is 8.42 Å². The molecule has 0 amide bonds. The smallest absolute Gasteiger partial charge is 0.245 e. The Balaban J connectivity index is 2.02. The summed E-state index contributed by atoms with van der Waals surface area (Å²) in [7, 11) is -2.01. The maximum Gasteiger partial charge on any atom is 0.245 e. The van der Waals surface area contributed by atoms with E-state index in [2.05, 4.69) is 8.75 Å². The van der Waals surface area contributed by atoms with E-state index in [0.717, 1.165) is 37.4 Å². The molecular weight excluding hydrogens is 322 g/mol. The van der Waals surface area contributed by atoms with Crippen LogP contribution < -0.4 is 0 Å². The number of benzene rings is 1. The summed E-state index contributed by atoms with van der Waals surface area (Å²) in [6.45, 7) is 0.762. The molecule has 0 spiro atoms. The monoisotopic (exact) mass is 341 g/mol. The molecule has 3 rings (SSSR count). The van der Waals surface area contributed by atoms with Crippen molar-refractivity contribution < 1.29 is 13.2 Å². The topological polar surface area (TPSA) is 72.4 Å². The Labute approximate surface area is 134 Å². The van der Waals surface area contributed by atoms with Gasteiger partial charge in [-0.05, 0) is 25.0 Å². The molecule has 1 aliphatic rings. The highest BCUT2D eigenvalue weighted by Crippen LogP contribution is 2.31. The van der Waals surface area contributed by atoms with E-state index in [-0.39, 0.29) is 10.9 Å². The molecule has 0 N–H and O–H groups in total. The standard InChI is InChI=1S/C14H19N3O3S2/c1-20-10-9-17(11-5-2-3-6-11)22(18,19)13-8-4-7-12-14(13)16-21-15-12/h4,7-8,11H,2-3,5-6,9-10H2,1H3. The van der Waals surface area contributed by atoms with Gasteiger partial charge >= 0.3 is 0 Å². The molecule has 1 aromatic heterocycles. The van der Waals surface area contributed by atoms with E-state index in [1.54, 1.807) is 29.6 Å². The largest absolute Gasteiger partial charge is 0.383 e. The molecule has 8 heteroatoms. The second-order valence-corrected chi connectivity index (χ2v) is 7.82. The molecule has 0 radical (unpaired) electrons. The lowest BCUT2D eigenvalue weighted by Gasteiger charge is -2.27. The molecule has 1 fully saturated rings. The fourth-order valence-electron chi connectivity index (χ4n) is 2.99. The van der Waals surface area contributed by atoms with Crippen molar-refractivity contribution in [1.82, 2.24) is 13.1 Å². The first-order valence-corrected chi connectivity index (χ1v) is 9.53. The third kappa shape index (κ3) is 2.88. The molecule has 0 aliphatic heterocycles. The van der Waals surface area contributed by atoms with Crippen LogP contribution in [0.15, 0.2) is 23.1 Å². The second-order valence-electron chi connectivity index (χ2n) is 5.43. The van der Waals surface area contributed by atoms with Gasteiger partial charge in [0.2, 0.25) is 10.0 Å². The molecule has 6 nitrogen and oxygen atoms in total. The summed E-state index contributed by atoms with van der Waals surface area (Å²) in [5.41, 5.74) is 1.09. The van der Waals surface area contributed by atoms with Gasteiger partial charge in [-0.3, -0.25) is 0 Å². The van der Waals surface area contributed by atoms with Crippen molar-refractivity contribution in [3.63, 3.8) is 0 Å². The third-order valence-corrected chi connectivity index (χ3v) is 6.61. The number of hydrogen-bond acceptors (Lipinski definition) is 6. The van der Waals surface area contributed by atoms with Crippen LogP contribution in [0.5, 0.6) is 0 Å². The summed E-state index contributed by atoms with van der Waals surface area (Å²) in [4.78, 5) is 0.252. The lowest BCUT2D eigenvalue weighted by Crippen LogP contribution is -2.41. The summed E-state index contributed by atoms with van der Waals surface area (Å²) in [5.74, 6) is 0. The SMILES string of the molecule is COCCN(C1CCCC1)S(=O)(=O)c1cccc2nsnc12. The van der Waals surface area contributed by atoms with Crippen LogP contribution in [0, 0.1) is 0 Å². The fraction of sp³-hybridized carbons (Fsp3) is 0.571. The summed E-state index contributed by atoms with van der Waals surface area (Å²) in [5, 5.41) is 0. The number of hydrogen-bond donors (Lipinski definition) is 0. The van der Waals surface area contributed by atoms with Crippen molar-refractivity contribution >= 4 is 32.8 Å². The highest BCUT2D eigenvalue weighted by Gasteiger charge is 2.34. The third-order valence-electron chi connectivity index (χ3n) is 4.08. The maximum absolute atomic E-state index is 13.1. The van der Waals surface area contributed by atoms with Gasteiger partial charge in [0, 0.05) is 19.7 Å². The van der Waals surface area contributed by atoms with E-state index in [1.165, 1.54) is 0 Å². The van der Waals surface area contributed by atoms with Gasteiger partial charge in [-0.2, -0.15) is 13.1 Å². The molecule has 1 heterocycles. The molecule has 1 saturated carbocycles. The van der Waals surface area contributed by atoms with E-state index in [1.807, 2.05) is 0 Å². The average Bonchev–Trinajstić information content (AvgIpc) is 3.18. The summed E-state index contributed by atoms with van der Waals surface area (Å²) >= 11 is 1.04. The molecule has 0 saturated heterocycles. The number of fused-ring (bicyclic) bond motifs is 1. The Morgan fingerprint density at radius 1 is 1.32 bits per heavy atom. The highest BCUT2D eigenvalue weighted by molar-refractivity contribution is 7.89. The van der Waals surface area contributed by atoms with Crippen LogP contribution >= 0.6 is 11.7 Å². The molecule has 1 aromatic carbocycles. The predicted octanol–water partition coefficient (Wildman–Crippen LogP) is 2.27. The number of sulfonamides is 1. The highest BCUT2D eigenvalue weighted by atomic mass is 32.2. The average molecular weight is 341 g/mol. The molecule has 1 aliphatic carbocycles. The van der Waals surface area contributed by atoms with Crippen molar-refractivity contribution in [3.05, 3.63) is 18.2 Å². The normalized spacial score (nSPS) is 16.8. The lowest BCUT2D eigenvalue weighted by molar-refractivity contribution is 0.166. The first-order chi connectivity index (χ1) is 10.6.